The van der Waals surface area contributed by atoms with E-state index in [9.17, 15) is 14.4 Å². The maximum absolute atomic E-state index is 14.1. The molecule has 2 N–H and O–H groups in total. The maximum atomic E-state index is 14.1. The number of hydrogen-bond donors (Lipinski definition) is 2. The molecule has 0 saturated heterocycles. The molecule has 0 spiro atoms. The second kappa shape index (κ2) is 14.7. The molecule has 0 fully saturated rings. The molecule has 3 amide bonds. The van der Waals surface area contributed by atoms with Gasteiger partial charge in [-0.2, -0.15) is 0 Å². The van der Waals surface area contributed by atoms with E-state index < -0.39 is 23.8 Å². The number of benzene rings is 1. The lowest BCUT2D eigenvalue weighted by Gasteiger charge is -2.36. The van der Waals surface area contributed by atoms with Gasteiger partial charge in [-0.15, -0.1) is 0 Å². The van der Waals surface area contributed by atoms with Crippen LogP contribution in [0.25, 0.3) is 0 Å². The first kappa shape index (κ1) is 30.5. The molecule has 0 aliphatic rings. The van der Waals surface area contributed by atoms with Gasteiger partial charge in [0.1, 0.15) is 17.7 Å². The quantitative estimate of drug-likeness (QED) is 0.357. The highest BCUT2D eigenvalue weighted by Crippen LogP contribution is 2.27. The molecule has 0 aromatic heterocycles. The molecule has 0 heterocycles. The molecule has 1 rings (SSSR count). The van der Waals surface area contributed by atoms with Crippen LogP contribution in [0.2, 0.25) is 0 Å². The van der Waals surface area contributed by atoms with Crippen molar-refractivity contribution in [3.05, 3.63) is 35.4 Å². The fourth-order valence-electron chi connectivity index (χ4n) is 3.82. The third-order valence-electron chi connectivity index (χ3n) is 6.06. The standard InChI is InChI=1S/C28H47N3O4/c1-9-12-18-29-25(32)24(22-17-15-14-16-21(22)5)31(19-13-10-2)26(33)23(20(4)11-3)30-27(34)35-28(6,7)8/h14-17,20,23-24H,9-13,18-19H2,1-8H3,(H,29,32)(H,30,34). The smallest absolute Gasteiger partial charge is 0.408 e. The third kappa shape index (κ3) is 9.90. The number of carbonyl (C=O) groups excluding carboxylic acids is 3. The van der Waals surface area contributed by atoms with E-state index in [0.29, 0.717) is 19.5 Å². The molecule has 7 heteroatoms. The van der Waals surface area contributed by atoms with E-state index in [1.165, 1.54) is 0 Å². The number of nitrogens with zero attached hydrogens (tertiary/aromatic N) is 1. The summed E-state index contributed by atoms with van der Waals surface area (Å²) < 4.78 is 5.45. The molecule has 0 radical (unpaired) electrons. The first-order valence-corrected chi connectivity index (χ1v) is 13.1. The van der Waals surface area contributed by atoms with Gasteiger partial charge in [0, 0.05) is 13.1 Å². The lowest BCUT2D eigenvalue weighted by molar-refractivity contribution is -0.143. The second-order valence-corrected chi connectivity index (χ2v) is 10.3. The Bertz CT molecular complexity index is 819. The van der Waals surface area contributed by atoms with Crippen molar-refractivity contribution in [1.29, 1.82) is 0 Å². The fraction of sp³-hybridized carbons (Fsp3) is 0.679. The number of amides is 3. The number of alkyl carbamates (subject to hydrolysis) is 1. The van der Waals surface area contributed by atoms with Crippen molar-refractivity contribution < 1.29 is 19.1 Å². The fourth-order valence-corrected chi connectivity index (χ4v) is 3.82. The first-order chi connectivity index (χ1) is 16.5. The largest absolute Gasteiger partial charge is 0.444 e. The molecule has 1 aromatic carbocycles. The van der Waals surface area contributed by atoms with Crippen LogP contribution >= 0.6 is 0 Å². The van der Waals surface area contributed by atoms with Crippen LogP contribution in [0.3, 0.4) is 0 Å². The van der Waals surface area contributed by atoms with Crippen LogP contribution in [-0.2, 0) is 14.3 Å². The summed E-state index contributed by atoms with van der Waals surface area (Å²) in [6.07, 6.45) is 3.50. The normalized spacial score (nSPS) is 13.9. The van der Waals surface area contributed by atoms with Crippen molar-refractivity contribution in [2.45, 2.75) is 105 Å². The average Bonchev–Trinajstić information content (AvgIpc) is 2.79. The zero-order chi connectivity index (χ0) is 26.6. The highest BCUT2D eigenvalue weighted by Gasteiger charge is 2.38. The van der Waals surface area contributed by atoms with Gasteiger partial charge in [-0.05, 0) is 57.6 Å². The van der Waals surface area contributed by atoms with Crippen molar-refractivity contribution in [2.75, 3.05) is 13.1 Å². The monoisotopic (exact) mass is 489 g/mol. The Morgan fingerprint density at radius 2 is 1.66 bits per heavy atom. The van der Waals surface area contributed by atoms with Crippen LogP contribution in [0.4, 0.5) is 4.79 Å². The molecule has 0 aliphatic carbocycles. The summed E-state index contributed by atoms with van der Waals surface area (Å²) in [6, 6.07) is 6.10. The van der Waals surface area contributed by atoms with Crippen molar-refractivity contribution >= 4 is 17.9 Å². The molecular formula is C28H47N3O4. The second-order valence-electron chi connectivity index (χ2n) is 10.3. The minimum Gasteiger partial charge on any atom is -0.444 e. The molecule has 0 bridgehead atoms. The van der Waals surface area contributed by atoms with E-state index >= 15 is 0 Å². The van der Waals surface area contributed by atoms with Gasteiger partial charge in [-0.3, -0.25) is 9.59 Å². The van der Waals surface area contributed by atoms with Crippen LogP contribution in [0.15, 0.2) is 24.3 Å². The number of carbonyl (C=O) groups is 3. The van der Waals surface area contributed by atoms with E-state index in [-0.39, 0.29) is 17.7 Å². The molecule has 198 valence electrons. The predicted octanol–water partition coefficient (Wildman–Crippen LogP) is 5.52. The molecule has 0 aliphatic heterocycles. The van der Waals surface area contributed by atoms with Gasteiger partial charge < -0.3 is 20.3 Å². The lowest BCUT2D eigenvalue weighted by atomic mass is 9.94. The predicted molar refractivity (Wildman–Crippen MR) is 141 cm³/mol. The van der Waals surface area contributed by atoms with E-state index in [4.69, 9.17) is 4.74 Å². The van der Waals surface area contributed by atoms with Gasteiger partial charge in [0.05, 0.1) is 0 Å². The molecule has 3 atom stereocenters. The van der Waals surface area contributed by atoms with Gasteiger partial charge >= 0.3 is 6.09 Å². The van der Waals surface area contributed by atoms with Crippen molar-refractivity contribution in [1.82, 2.24) is 15.5 Å². The van der Waals surface area contributed by atoms with Crippen LogP contribution < -0.4 is 10.6 Å². The van der Waals surface area contributed by atoms with Gasteiger partial charge in [0.15, 0.2) is 0 Å². The van der Waals surface area contributed by atoms with Crippen LogP contribution in [-0.4, -0.2) is 47.5 Å². The van der Waals surface area contributed by atoms with E-state index in [2.05, 4.69) is 24.5 Å². The Hall–Kier alpha value is -2.57. The SMILES string of the molecule is CCCCNC(=O)C(c1ccccc1C)N(CCCC)C(=O)C(NC(=O)OC(C)(C)C)C(C)CC. The summed E-state index contributed by atoms with van der Waals surface area (Å²) in [6.45, 7) is 16.3. The summed E-state index contributed by atoms with van der Waals surface area (Å²) in [5.74, 6) is -0.602. The minimum atomic E-state index is -0.804. The lowest BCUT2D eigenvalue weighted by Crippen LogP contribution is -2.55. The Morgan fingerprint density at radius 1 is 1.03 bits per heavy atom. The number of aryl methyl sites for hydroxylation is 1. The number of ether oxygens (including phenoxy) is 1. The van der Waals surface area contributed by atoms with E-state index in [0.717, 1.165) is 36.8 Å². The Labute approximate surface area is 212 Å². The van der Waals surface area contributed by atoms with Crippen LogP contribution in [0, 0.1) is 12.8 Å². The number of nitrogens with one attached hydrogen (secondary N) is 2. The highest BCUT2D eigenvalue weighted by atomic mass is 16.6. The zero-order valence-electron chi connectivity index (χ0n) is 23.1. The third-order valence-corrected chi connectivity index (χ3v) is 6.06. The molecule has 0 saturated carbocycles. The van der Waals surface area contributed by atoms with Gasteiger partial charge in [-0.1, -0.05) is 71.2 Å². The number of rotatable bonds is 13. The average molecular weight is 490 g/mol. The van der Waals surface area contributed by atoms with Crippen molar-refractivity contribution in [3.63, 3.8) is 0 Å². The maximum Gasteiger partial charge on any atom is 0.408 e. The molecular weight excluding hydrogens is 442 g/mol. The molecule has 3 unspecified atom stereocenters. The summed E-state index contributed by atoms with van der Waals surface area (Å²) in [4.78, 5) is 41.9. The van der Waals surface area contributed by atoms with Gasteiger partial charge in [-0.25, -0.2) is 4.79 Å². The zero-order valence-corrected chi connectivity index (χ0v) is 23.1. The summed E-state index contributed by atoms with van der Waals surface area (Å²) in [5, 5.41) is 5.84. The van der Waals surface area contributed by atoms with Gasteiger partial charge in [0.25, 0.3) is 0 Å². The van der Waals surface area contributed by atoms with Crippen molar-refractivity contribution in [3.8, 4) is 0 Å². The molecule has 7 nitrogen and oxygen atoms in total. The Kier molecular flexibility index (Phi) is 12.8. The number of unbranched alkanes of at least 4 members (excludes halogenated alkanes) is 2. The van der Waals surface area contributed by atoms with E-state index in [1.54, 1.807) is 25.7 Å². The highest BCUT2D eigenvalue weighted by molar-refractivity contribution is 5.92. The topological polar surface area (TPSA) is 87.7 Å². The van der Waals surface area contributed by atoms with Crippen LogP contribution in [0.5, 0.6) is 0 Å². The molecule has 1 aromatic rings. The Balaban J connectivity index is 3.46. The van der Waals surface area contributed by atoms with Crippen LogP contribution in [0.1, 0.15) is 97.7 Å². The first-order valence-electron chi connectivity index (χ1n) is 13.1. The summed E-state index contributed by atoms with van der Waals surface area (Å²) >= 11 is 0. The van der Waals surface area contributed by atoms with Crippen molar-refractivity contribution in [2.24, 2.45) is 5.92 Å². The minimum absolute atomic E-state index is 0.139. The Morgan fingerprint density at radius 3 is 2.20 bits per heavy atom. The number of hydrogen-bond acceptors (Lipinski definition) is 4. The molecule has 35 heavy (non-hydrogen) atoms. The van der Waals surface area contributed by atoms with E-state index in [1.807, 2.05) is 45.0 Å². The summed E-state index contributed by atoms with van der Waals surface area (Å²) in [5.41, 5.74) is 1.06. The summed E-state index contributed by atoms with van der Waals surface area (Å²) in [7, 11) is 0. The van der Waals surface area contributed by atoms with Gasteiger partial charge in [0.2, 0.25) is 11.8 Å².